The molecule has 0 atom stereocenters. The van der Waals surface area contributed by atoms with Crippen molar-refractivity contribution in [3.63, 3.8) is 0 Å². The molecule has 1 amide bonds. The molecule has 6 heteroatoms. The fourth-order valence-corrected chi connectivity index (χ4v) is 2.83. The van der Waals surface area contributed by atoms with E-state index in [2.05, 4.69) is 20.7 Å². The zero-order valence-electron chi connectivity index (χ0n) is 12.1. The molecule has 0 fully saturated rings. The summed E-state index contributed by atoms with van der Waals surface area (Å²) in [5, 5.41) is 0. The quantitative estimate of drug-likeness (QED) is 0.731. The highest BCUT2D eigenvalue weighted by Gasteiger charge is 2.29. The molecule has 0 N–H and O–H groups in total. The molecule has 1 heterocycles. The Morgan fingerprint density at radius 2 is 1.87 bits per heavy atom. The first-order chi connectivity index (χ1) is 11.0. The summed E-state index contributed by atoms with van der Waals surface area (Å²) in [4.78, 5) is 14.0. The van der Waals surface area contributed by atoms with Crippen LogP contribution in [-0.4, -0.2) is 19.6 Å². The van der Waals surface area contributed by atoms with Gasteiger partial charge in [-0.25, -0.2) is 0 Å². The van der Waals surface area contributed by atoms with Gasteiger partial charge in [0, 0.05) is 22.7 Å². The summed E-state index contributed by atoms with van der Waals surface area (Å²) in [7, 11) is 1.72. The van der Waals surface area contributed by atoms with Crippen LogP contribution < -0.4 is 9.64 Å². The summed E-state index contributed by atoms with van der Waals surface area (Å²) >= 11 is 3.41. The molecule has 0 unspecified atom stereocenters. The zero-order chi connectivity index (χ0) is 16.6. The number of amides is 1. The van der Waals surface area contributed by atoms with Gasteiger partial charge in [-0.3, -0.25) is 4.79 Å². The van der Waals surface area contributed by atoms with E-state index in [0.29, 0.717) is 5.57 Å². The highest BCUT2D eigenvalue weighted by molar-refractivity contribution is 9.10. The number of carbonyl (C=O) groups excluding carboxylic acids is 1. The van der Waals surface area contributed by atoms with Gasteiger partial charge in [0.15, 0.2) is 0 Å². The number of rotatable bonds is 3. The van der Waals surface area contributed by atoms with Crippen LogP contribution >= 0.6 is 15.9 Å². The Morgan fingerprint density at radius 3 is 2.52 bits per heavy atom. The Kier molecular flexibility index (Phi) is 4.17. The molecule has 1 aliphatic rings. The van der Waals surface area contributed by atoms with Crippen LogP contribution in [0.1, 0.15) is 11.1 Å². The first-order valence-electron chi connectivity index (χ1n) is 6.80. The van der Waals surface area contributed by atoms with Crippen LogP contribution in [0.5, 0.6) is 5.75 Å². The van der Waals surface area contributed by atoms with Crippen molar-refractivity contribution >= 4 is 39.2 Å². The molecule has 23 heavy (non-hydrogen) atoms. The third-order valence-corrected chi connectivity index (χ3v) is 4.05. The maximum absolute atomic E-state index is 12.4. The number of likely N-dealkylation sites (N-methyl/N-ethyl adjacent to an activating group) is 1. The molecule has 0 saturated carbocycles. The van der Waals surface area contributed by atoms with E-state index in [-0.39, 0.29) is 11.7 Å². The molecule has 0 radical (unpaired) electrons. The number of fused-ring (bicyclic) bond motifs is 1. The number of carbonyl (C=O) groups is 1. The minimum Gasteiger partial charge on any atom is -0.435 e. The molecule has 3 nitrogen and oxygen atoms in total. The number of ether oxygens (including phenoxy) is 1. The van der Waals surface area contributed by atoms with Crippen molar-refractivity contribution in [2.45, 2.75) is 6.61 Å². The highest BCUT2D eigenvalue weighted by Crippen LogP contribution is 2.38. The Bertz CT molecular complexity index is 788. The van der Waals surface area contributed by atoms with Crippen molar-refractivity contribution in [1.82, 2.24) is 0 Å². The van der Waals surface area contributed by atoms with Crippen molar-refractivity contribution in [1.29, 1.82) is 0 Å². The van der Waals surface area contributed by atoms with E-state index in [0.717, 1.165) is 21.3 Å². The number of benzene rings is 2. The Balaban J connectivity index is 1.97. The van der Waals surface area contributed by atoms with E-state index in [9.17, 15) is 13.6 Å². The summed E-state index contributed by atoms with van der Waals surface area (Å²) < 4.78 is 29.5. The fourth-order valence-electron chi connectivity index (χ4n) is 2.47. The lowest BCUT2D eigenvalue weighted by molar-refractivity contribution is -0.112. The topological polar surface area (TPSA) is 29.5 Å². The van der Waals surface area contributed by atoms with Crippen molar-refractivity contribution < 1.29 is 18.3 Å². The lowest BCUT2D eigenvalue weighted by Crippen LogP contribution is -2.20. The number of nitrogens with zero attached hydrogens (tertiary/aromatic N) is 1. The Hall–Kier alpha value is -2.21. The van der Waals surface area contributed by atoms with Crippen molar-refractivity contribution in [2.24, 2.45) is 0 Å². The van der Waals surface area contributed by atoms with Crippen LogP contribution in [0.25, 0.3) is 11.6 Å². The second-order valence-corrected chi connectivity index (χ2v) is 5.95. The molecule has 2 aromatic carbocycles. The van der Waals surface area contributed by atoms with Crippen LogP contribution in [0, 0.1) is 0 Å². The molecule has 0 spiro atoms. The maximum atomic E-state index is 12.4. The van der Waals surface area contributed by atoms with Gasteiger partial charge in [0.1, 0.15) is 5.75 Å². The Labute approximate surface area is 140 Å². The van der Waals surface area contributed by atoms with Gasteiger partial charge in [-0.2, -0.15) is 8.78 Å². The smallest absolute Gasteiger partial charge is 0.387 e. The Morgan fingerprint density at radius 1 is 1.17 bits per heavy atom. The lowest BCUT2D eigenvalue weighted by atomic mass is 10.0. The molecule has 3 rings (SSSR count). The standard InChI is InChI=1S/C17H12BrF2NO2/c1-21-15-7-4-11(18)9-13(15)14(16(21)22)8-10-2-5-12(6-3-10)23-17(19)20/h2-9,17H,1H3/b14-8+. The molecular weight excluding hydrogens is 368 g/mol. The van der Waals surface area contributed by atoms with Crippen LogP contribution in [0.4, 0.5) is 14.5 Å². The van der Waals surface area contributed by atoms with Gasteiger partial charge in [-0.05, 0) is 42.0 Å². The lowest BCUT2D eigenvalue weighted by Gasteiger charge is -2.08. The summed E-state index contributed by atoms with van der Waals surface area (Å²) in [6, 6.07) is 11.8. The molecule has 0 aromatic heterocycles. The molecule has 2 aromatic rings. The highest BCUT2D eigenvalue weighted by atomic mass is 79.9. The minimum absolute atomic E-state index is 0.0835. The van der Waals surface area contributed by atoms with E-state index in [4.69, 9.17) is 0 Å². The van der Waals surface area contributed by atoms with Gasteiger partial charge in [0.25, 0.3) is 5.91 Å². The van der Waals surface area contributed by atoms with Crippen molar-refractivity contribution in [3.8, 4) is 5.75 Å². The molecule has 0 saturated heterocycles. The number of hydrogen-bond donors (Lipinski definition) is 0. The average Bonchev–Trinajstić information content (AvgIpc) is 2.73. The van der Waals surface area contributed by atoms with Crippen molar-refractivity contribution in [3.05, 3.63) is 58.1 Å². The third-order valence-electron chi connectivity index (χ3n) is 3.56. The fraction of sp³-hybridized carbons (Fsp3) is 0.118. The second kappa shape index (κ2) is 6.12. The van der Waals surface area contributed by atoms with Crippen LogP contribution in [0.15, 0.2) is 46.9 Å². The SMILES string of the molecule is CN1C(=O)/C(=C/c2ccc(OC(F)F)cc2)c2cc(Br)ccc21. The van der Waals surface area contributed by atoms with Crippen LogP contribution in [-0.2, 0) is 4.79 Å². The predicted octanol–water partition coefficient (Wildman–Crippen LogP) is 4.57. The number of halogens is 3. The normalized spacial score (nSPS) is 15.4. The monoisotopic (exact) mass is 379 g/mol. The average molecular weight is 380 g/mol. The van der Waals surface area contributed by atoms with E-state index < -0.39 is 6.61 Å². The van der Waals surface area contributed by atoms with E-state index in [1.807, 2.05) is 18.2 Å². The first-order valence-corrected chi connectivity index (χ1v) is 7.59. The predicted molar refractivity (Wildman–Crippen MR) is 88.5 cm³/mol. The van der Waals surface area contributed by atoms with Crippen LogP contribution in [0.2, 0.25) is 0 Å². The van der Waals surface area contributed by atoms with Gasteiger partial charge in [-0.15, -0.1) is 0 Å². The van der Waals surface area contributed by atoms with E-state index in [1.165, 1.54) is 12.1 Å². The largest absolute Gasteiger partial charge is 0.435 e. The van der Waals surface area contributed by atoms with Gasteiger partial charge in [0.05, 0.1) is 5.69 Å². The first kappa shape index (κ1) is 15.7. The van der Waals surface area contributed by atoms with Gasteiger partial charge < -0.3 is 9.64 Å². The molecule has 0 bridgehead atoms. The summed E-state index contributed by atoms with van der Waals surface area (Å²) in [5.41, 5.74) is 2.96. The van der Waals surface area contributed by atoms with Gasteiger partial charge in [-0.1, -0.05) is 28.1 Å². The summed E-state index contributed by atoms with van der Waals surface area (Å²) in [5.74, 6) is -0.0221. The zero-order valence-corrected chi connectivity index (χ0v) is 13.7. The second-order valence-electron chi connectivity index (χ2n) is 5.03. The van der Waals surface area contributed by atoms with Crippen molar-refractivity contribution in [2.75, 3.05) is 11.9 Å². The molecule has 0 aliphatic carbocycles. The maximum Gasteiger partial charge on any atom is 0.387 e. The molecule has 118 valence electrons. The van der Waals surface area contributed by atoms with Crippen LogP contribution in [0.3, 0.4) is 0 Å². The van der Waals surface area contributed by atoms with E-state index >= 15 is 0 Å². The summed E-state index contributed by atoms with van der Waals surface area (Å²) in [6.45, 7) is -2.85. The molecular formula is C17H12BrF2NO2. The number of anilines is 1. The van der Waals surface area contributed by atoms with Gasteiger partial charge in [0.2, 0.25) is 0 Å². The molecule has 1 aliphatic heterocycles. The van der Waals surface area contributed by atoms with E-state index in [1.54, 1.807) is 30.2 Å². The summed E-state index contributed by atoms with van der Waals surface area (Å²) in [6.07, 6.45) is 1.74. The van der Waals surface area contributed by atoms with Gasteiger partial charge >= 0.3 is 6.61 Å². The minimum atomic E-state index is -2.85. The third kappa shape index (κ3) is 3.12. The number of alkyl halides is 2. The number of hydrogen-bond acceptors (Lipinski definition) is 2.